The van der Waals surface area contributed by atoms with Gasteiger partial charge in [-0.25, -0.2) is 0 Å². The molecule has 0 fully saturated rings. The first-order valence-electron chi connectivity index (χ1n) is 6.02. The third-order valence-electron chi connectivity index (χ3n) is 2.98. The normalized spacial score (nSPS) is 10.9. The van der Waals surface area contributed by atoms with Crippen LogP contribution in [0.25, 0.3) is 0 Å². The Kier molecular flexibility index (Phi) is 4.86. The summed E-state index contributed by atoms with van der Waals surface area (Å²) in [7, 11) is 2.06. The Labute approximate surface area is 127 Å². The van der Waals surface area contributed by atoms with Gasteiger partial charge in [0.1, 0.15) is 0 Å². The first kappa shape index (κ1) is 14.4. The SMILES string of the molecule is CN(Cc1ccccc1Br)Cc1c(N)cccc1Cl. The summed E-state index contributed by atoms with van der Waals surface area (Å²) in [5.41, 5.74) is 8.95. The maximum atomic E-state index is 6.19. The van der Waals surface area contributed by atoms with E-state index in [-0.39, 0.29) is 0 Å². The van der Waals surface area contributed by atoms with E-state index in [9.17, 15) is 0 Å². The second-order valence-electron chi connectivity index (χ2n) is 4.57. The largest absolute Gasteiger partial charge is 0.398 e. The molecule has 0 saturated heterocycles. The number of hydrogen-bond acceptors (Lipinski definition) is 2. The van der Waals surface area contributed by atoms with E-state index in [1.807, 2.05) is 36.4 Å². The number of hydrogen-bond donors (Lipinski definition) is 1. The van der Waals surface area contributed by atoms with Crippen molar-refractivity contribution in [1.29, 1.82) is 0 Å². The molecule has 0 saturated carbocycles. The third-order valence-corrected chi connectivity index (χ3v) is 4.11. The summed E-state index contributed by atoms with van der Waals surface area (Å²) in [6, 6.07) is 13.8. The Morgan fingerprint density at radius 3 is 2.53 bits per heavy atom. The molecule has 0 radical (unpaired) electrons. The van der Waals surface area contributed by atoms with Crippen LogP contribution < -0.4 is 5.73 Å². The number of halogens is 2. The molecule has 0 heterocycles. The van der Waals surface area contributed by atoms with Crippen LogP contribution in [-0.4, -0.2) is 11.9 Å². The molecule has 0 aliphatic rings. The average molecular weight is 340 g/mol. The fourth-order valence-electron chi connectivity index (χ4n) is 1.99. The van der Waals surface area contributed by atoms with E-state index in [0.29, 0.717) is 0 Å². The Morgan fingerprint density at radius 2 is 1.84 bits per heavy atom. The van der Waals surface area contributed by atoms with Crippen LogP contribution in [0.5, 0.6) is 0 Å². The molecule has 0 aliphatic heterocycles. The highest BCUT2D eigenvalue weighted by Gasteiger charge is 2.09. The van der Waals surface area contributed by atoms with E-state index in [1.165, 1.54) is 5.56 Å². The average Bonchev–Trinajstić information content (AvgIpc) is 2.37. The summed E-state index contributed by atoms with van der Waals surface area (Å²) in [5, 5.41) is 0.721. The molecule has 2 aromatic carbocycles. The van der Waals surface area contributed by atoms with Crippen molar-refractivity contribution in [3.05, 3.63) is 63.1 Å². The van der Waals surface area contributed by atoms with Gasteiger partial charge < -0.3 is 5.73 Å². The number of benzene rings is 2. The summed E-state index contributed by atoms with van der Waals surface area (Å²) in [4.78, 5) is 2.19. The molecule has 2 N–H and O–H groups in total. The van der Waals surface area contributed by atoms with E-state index in [2.05, 4.69) is 33.9 Å². The van der Waals surface area contributed by atoms with Gasteiger partial charge in [0.25, 0.3) is 0 Å². The number of nitrogens with two attached hydrogens (primary N) is 1. The summed E-state index contributed by atoms with van der Waals surface area (Å²) in [6.45, 7) is 1.57. The predicted octanol–water partition coefficient (Wildman–Crippen LogP) is 4.32. The Bertz CT molecular complexity index is 552. The number of rotatable bonds is 4. The molecule has 4 heteroatoms. The molecule has 0 aliphatic carbocycles. The predicted molar refractivity (Wildman–Crippen MR) is 85.2 cm³/mol. The number of anilines is 1. The molecule has 0 amide bonds. The second-order valence-corrected chi connectivity index (χ2v) is 5.83. The molecule has 2 rings (SSSR count). The lowest BCUT2D eigenvalue weighted by molar-refractivity contribution is 0.319. The van der Waals surface area contributed by atoms with Crippen LogP contribution >= 0.6 is 27.5 Å². The quantitative estimate of drug-likeness (QED) is 0.841. The van der Waals surface area contributed by atoms with Crippen LogP contribution in [-0.2, 0) is 13.1 Å². The van der Waals surface area contributed by atoms with Crippen molar-refractivity contribution in [1.82, 2.24) is 4.90 Å². The van der Waals surface area contributed by atoms with Gasteiger partial charge in [-0.15, -0.1) is 0 Å². The van der Waals surface area contributed by atoms with Crippen LogP contribution in [0, 0.1) is 0 Å². The minimum atomic E-state index is 0.721. The lowest BCUT2D eigenvalue weighted by Crippen LogP contribution is -2.18. The zero-order valence-electron chi connectivity index (χ0n) is 10.7. The van der Waals surface area contributed by atoms with Crippen LogP contribution in [0.15, 0.2) is 46.9 Å². The van der Waals surface area contributed by atoms with Crippen molar-refractivity contribution in [2.45, 2.75) is 13.1 Å². The summed E-state index contributed by atoms with van der Waals surface area (Å²) < 4.78 is 1.12. The minimum absolute atomic E-state index is 0.721. The van der Waals surface area contributed by atoms with Gasteiger partial charge in [0.15, 0.2) is 0 Å². The number of nitrogens with zero attached hydrogens (tertiary/aromatic N) is 1. The topological polar surface area (TPSA) is 29.3 Å². The maximum Gasteiger partial charge on any atom is 0.0471 e. The lowest BCUT2D eigenvalue weighted by atomic mass is 10.1. The second kappa shape index (κ2) is 6.42. The highest BCUT2D eigenvalue weighted by Crippen LogP contribution is 2.24. The van der Waals surface area contributed by atoms with E-state index in [4.69, 9.17) is 17.3 Å². The summed E-state index contributed by atoms with van der Waals surface area (Å²) in [5.74, 6) is 0. The molecule has 2 aromatic rings. The van der Waals surface area contributed by atoms with E-state index in [1.54, 1.807) is 0 Å². The molecule has 0 unspecified atom stereocenters. The van der Waals surface area contributed by atoms with Gasteiger partial charge in [0, 0.05) is 33.8 Å². The monoisotopic (exact) mass is 338 g/mol. The standard InChI is InChI=1S/C15H16BrClN2/c1-19(9-11-5-2-3-6-13(11)16)10-12-14(17)7-4-8-15(12)18/h2-8H,9-10,18H2,1H3. The maximum absolute atomic E-state index is 6.19. The fraction of sp³-hybridized carbons (Fsp3) is 0.200. The van der Waals surface area contributed by atoms with Crippen LogP contribution in [0.4, 0.5) is 5.69 Å². The molecule has 100 valence electrons. The highest BCUT2D eigenvalue weighted by atomic mass is 79.9. The van der Waals surface area contributed by atoms with Crippen molar-refractivity contribution >= 4 is 33.2 Å². The molecule has 0 aromatic heterocycles. The van der Waals surface area contributed by atoms with E-state index in [0.717, 1.165) is 33.8 Å². The van der Waals surface area contributed by atoms with E-state index >= 15 is 0 Å². The Morgan fingerprint density at radius 1 is 1.11 bits per heavy atom. The van der Waals surface area contributed by atoms with Crippen LogP contribution in [0.3, 0.4) is 0 Å². The van der Waals surface area contributed by atoms with Crippen molar-refractivity contribution in [3.63, 3.8) is 0 Å². The van der Waals surface area contributed by atoms with Gasteiger partial charge >= 0.3 is 0 Å². The Balaban J connectivity index is 2.10. The first-order valence-corrected chi connectivity index (χ1v) is 7.20. The first-order chi connectivity index (χ1) is 9.08. The van der Waals surface area contributed by atoms with Gasteiger partial charge in [0.05, 0.1) is 0 Å². The molecule has 0 atom stereocenters. The minimum Gasteiger partial charge on any atom is -0.398 e. The van der Waals surface area contributed by atoms with Crippen LogP contribution in [0.2, 0.25) is 5.02 Å². The molecule has 0 spiro atoms. The van der Waals surface area contributed by atoms with Gasteiger partial charge in [-0.2, -0.15) is 0 Å². The highest BCUT2D eigenvalue weighted by molar-refractivity contribution is 9.10. The molecule has 19 heavy (non-hydrogen) atoms. The van der Waals surface area contributed by atoms with Crippen molar-refractivity contribution in [2.24, 2.45) is 0 Å². The zero-order valence-corrected chi connectivity index (χ0v) is 13.1. The zero-order chi connectivity index (χ0) is 13.8. The molecule has 2 nitrogen and oxygen atoms in total. The van der Waals surface area contributed by atoms with E-state index < -0.39 is 0 Å². The van der Waals surface area contributed by atoms with Crippen LogP contribution in [0.1, 0.15) is 11.1 Å². The summed E-state index contributed by atoms with van der Waals surface area (Å²) in [6.07, 6.45) is 0. The summed E-state index contributed by atoms with van der Waals surface area (Å²) >= 11 is 9.75. The lowest BCUT2D eigenvalue weighted by Gasteiger charge is -2.19. The van der Waals surface area contributed by atoms with Gasteiger partial charge in [-0.05, 0) is 30.8 Å². The smallest absolute Gasteiger partial charge is 0.0471 e. The number of nitrogen functional groups attached to an aromatic ring is 1. The van der Waals surface area contributed by atoms with Gasteiger partial charge in [-0.3, -0.25) is 4.90 Å². The van der Waals surface area contributed by atoms with Crippen molar-refractivity contribution in [2.75, 3.05) is 12.8 Å². The molecule has 0 bridgehead atoms. The van der Waals surface area contributed by atoms with Crippen molar-refractivity contribution < 1.29 is 0 Å². The molecular formula is C15H16BrClN2. The van der Waals surface area contributed by atoms with Crippen molar-refractivity contribution in [3.8, 4) is 0 Å². The van der Waals surface area contributed by atoms with Gasteiger partial charge in [-0.1, -0.05) is 51.8 Å². The molecular weight excluding hydrogens is 324 g/mol. The Hall–Kier alpha value is -1.03. The fourth-order valence-corrected chi connectivity index (χ4v) is 2.64. The third kappa shape index (κ3) is 3.72. The van der Waals surface area contributed by atoms with Gasteiger partial charge in [0.2, 0.25) is 0 Å².